The number of nitrogens with zero attached hydrogens (tertiary/aromatic N) is 3. The highest BCUT2D eigenvalue weighted by Gasteiger charge is 2.32. The average Bonchev–Trinajstić information content (AvgIpc) is 2.91. The van der Waals surface area contributed by atoms with Gasteiger partial charge in [-0.05, 0) is 65.4 Å². The van der Waals surface area contributed by atoms with Crippen LogP contribution >= 0.6 is 19.0 Å². The van der Waals surface area contributed by atoms with Crippen LogP contribution in [0.15, 0.2) is 39.5 Å². The maximum Gasteiger partial charge on any atom is 0.172 e. The number of halogens is 1. The van der Waals surface area contributed by atoms with E-state index in [1.165, 1.54) is 0 Å². The number of ether oxygens (including phenoxy) is 1. The molecule has 0 bridgehead atoms. The van der Waals surface area contributed by atoms with Gasteiger partial charge in [-0.15, -0.1) is 0 Å². The molecular formula is C16H23ClN3O2P. The van der Waals surface area contributed by atoms with Crippen molar-refractivity contribution in [1.29, 1.82) is 0 Å². The Morgan fingerprint density at radius 2 is 1.74 bits per heavy atom. The molecule has 23 heavy (non-hydrogen) atoms. The molecule has 0 fully saturated rings. The first-order valence-corrected chi connectivity index (χ1v) is 9.22. The topological polar surface area (TPSA) is 41.2 Å². The maximum absolute atomic E-state index is 6.16. The summed E-state index contributed by atoms with van der Waals surface area (Å²) >= 11 is 6.16. The first-order chi connectivity index (χ1) is 10.8. The Bertz CT molecular complexity index is 729. The number of hydrogen-bond acceptors (Lipinski definition) is 3. The monoisotopic (exact) mass is 355 g/mol. The Labute approximate surface area is 143 Å². The number of benzene rings is 1. The molecule has 1 heterocycles. The summed E-state index contributed by atoms with van der Waals surface area (Å²) in [6.07, 6.45) is 0. The molecule has 0 N–H and O–H groups in total. The molecule has 7 heteroatoms. The lowest BCUT2D eigenvalue weighted by molar-refractivity contribution is 0.416. The fourth-order valence-corrected chi connectivity index (χ4v) is 5.58. The van der Waals surface area contributed by atoms with Crippen LogP contribution in [0.25, 0.3) is 0 Å². The van der Waals surface area contributed by atoms with Crippen LogP contribution in [0.4, 0.5) is 5.69 Å². The van der Waals surface area contributed by atoms with Gasteiger partial charge in [0, 0.05) is 5.02 Å². The molecule has 0 radical (unpaired) electrons. The number of aryl methyl sites for hydroxylation is 1. The van der Waals surface area contributed by atoms with E-state index in [-0.39, 0.29) is 0 Å². The molecule has 0 spiro atoms. The highest BCUT2D eigenvalue weighted by molar-refractivity contribution is 7.69. The quantitative estimate of drug-likeness (QED) is 0.747. The molecule has 0 aliphatic carbocycles. The van der Waals surface area contributed by atoms with Gasteiger partial charge in [0.2, 0.25) is 0 Å². The van der Waals surface area contributed by atoms with E-state index in [4.69, 9.17) is 25.5 Å². The van der Waals surface area contributed by atoms with Crippen molar-refractivity contribution in [2.24, 2.45) is 4.74 Å². The van der Waals surface area contributed by atoms with Gasteiger partial charge < -0.3 is 9.15 Å². The molecule has 2 rings (SSSR count). The summed E-state index contributed by atoms with van der Waals surface area (Å²) in [5, 5.41) is 0.621. The van der Waals surface area contributed by atoms with Crippen molar-refractivity contribution in [3.63, 3.8) is 0 Å². The molecular weight excluding hydrogens is 333 g/mol. The van der Waals surface area contributed by atoms with Gasteiger partial charge in [-0.3, -0.25) is 9.34 Å². The first kappa shape index (κ1) is 18.1. The van der Waals surface area contributed by atoms with E-state index in [1.807, 2.05) is 59.4 Å². The van der Waals surface area contributed by atoms with Gasteiger partial charge in [0.05, 0.1) is 7.11 Å². The summed E-state index contributed by atoms with van der Waals surface area (Å²) in [5.74, 6) is 1.55. The van der Waals surface area contributed by atoms with E-state index in [2.05, 4.69) is 9.34 Å². The van der Waals surface area contributed by atoms with Crippen LogP contribution in [0.3, 0.4) is 0 Å². The van der Waals surface area contributed by atoms with Gasteiger partial charge >= 0.3 is 0 Å². The second kappa shape index (κ2) is 7.10. The molecule has 0 aliphatic rings. The Balaban J connectivity index is 2.79. The Morgan fingerprint density at radius 1 is 1.09 bits per heavy atom. The predicted octanol–water partition coefficient (Wildman–Crippen LogP) is 4.36. The van der Waals surface area contributed by atoms with Crippen molar-refractivity contribution in [2.75, 3.05) is 35.3 Å². The third kappa shape index (κ3) is 3.48. The van der Waals surface area contributed by atoms with Crippen LogP contribution in [0, 0.1) is 6.92 Å². The van der Waals surface area contributed by atoms with Gasteiger partial charge in [0.1, 0.15) is 17.2 Å². The molecule has 126 valence electrons. The van der Waals surface area contributed by atoms with Gasteiger partial charge in [-0.1, -0.05) is 11.6 Å². The van der Waals surface area contributed by atoms with Gasteiger partial charge in [0.15, 0.2) is 12.9 Å². The van der Waals surface area contributed by atoms with Gasteiger partial charge in [0.25, 0.3) is 0 Å². The second-order valence-corrected chi connectivity index (χ2v) is 9.38. The van der Waals surface area contributed by atoms with E-state index in [9.17, 15) is 0 Å². The number of methoxy groups -OCH3 is 1. The van der Waals surface area contributed by atoms with Crippen molar-refractivity contribution < 1.29 is 9.15 Å². The van der Waals surface area contributed by atoms with Gasteiger partial charge in [-0.2, -0.15) is 0 Å². The van der Waals surface area contributed by atoms with Crippen LogP contribution in [0.5, 0.6) is 5.75 Å². The third-order valence-corrected chi connectivity index (χ3v) is 7.32. The zero-order valence-electron chi connectivity index (χ0n) is 14.4. The average molecular weight is 356 g/mol. The highest BCUT2D eigenvalue weighted by Crippen LogP contribution is 2.55. The van der Waals surface area contributed by atoms with E-state index >= 15 is 0 Å². The molecule has 0 aliphatic heterocycles. The van der Waals surface area contributed by atoms with E-state index in [1.54, 1.807) is 13.2 Å². The van der Waals surface area contributed by atoms with Crippen molar-refractivity contribution in [3.8, 4) is 5.75 Å². The predicted molar refractivity (Wildman–Crippen MR) is 97.5 cm³/mol. The Hall–Kier alpha value is -1.26. The molecule has 2 aromatic rings. The number of hydrogen-bond donors (Lipinski definition) is 0. The lowest BCUT2D eigenvalue weighted by Crippen LogP contribution is -2.28. The van der Waals surface area contributed by atoms with Crippen LogP contribution in [-0.2, 0) is 0 Å². The van der Waals surface area contributed by atoms with Crippen LogP contribution in [-0.4, -0.2) is 44.6 Å². The zero-order valence-corrected chi connectivity index (χ0v) is 16.0. The van der Waals surface area contributed by atoms with E-state index in [0.29, 0.717) is 16.5 Å². The fraction of sp³-hybridized carbons (Fsp3) is 0.375. The van der Waals surface area contributed by atoms with Crippen molar-refractivity contribution in [3.05, 3.63) is 41.1 Å². The standard InChI is InChI=1S/C16H23ClN3O2P/c1-12-7-10-16(22-12)23(19(2)3,20(4)5)18-14-11-13(17)8-9-15(14)21-6/h7-11H,1-6H3. The molecule has 0 saturated carbocycles. The summed E-state index contributed by atoms with van der Waals surface area (Å²) in [6.45, 7) is 1.93. The van der Waals surface area contributed by atoms with Crippen LogP contribution in [0.2, 0.25) is 5.02 Å². The summed E-state index contributed by atoms with van der Waals surface area (Å²) in [5.41, 5.74) is 1.55. The fourth-order valence-electron chi connectivity index (χ4n) is 2.45. The minimum Gasteiger partial charge on any atom is -0.494 e. The number of rotatable bonds is 5. The van der Waals surface area contributed by atoms with Crippen LogP contribution < -0.4 is 10.2 Å². The largest absolute Gasteiger partial charge is 0.494 e. The Kier molecular flexibility index (Phi) is 5.58. The molecule has 0 saturated heterocycles. The molecule has 0 atom stereocenters. The summed E-state index contributed by atoms with van der Waals surface area (Å²) in [6, 6.07) is 9.39. The van der Waals surface area contributed by atoms with Crippen LogP contribution in [0.1, 0.15) is 5.76 Å². The summed E-state index contributed by atoms with van der Waals surface area (Å²) < 4.78 is 20.7. The Morgan fingerprint density at radius 3 is 2.22 bits per heavy atom. The molecule has 0 amide bonds. The van der Waals surface area contributed by atoms with Crippen molar-refractivity contribution in [1.82, 2.24) is 9.34 Å². The molecule has 1 aromatic carbocycles. The lowest BCUT2D eigenvalue weighted by Gasteiger charge is -2.34. The van der Waals surface area contributed by atoms with E-state index in [0.717, 1.165) is 11.3 Å². The minimum atomic E-state index is -2.27. The second-order valence-electron chi connectivity index (χ2n) is 5.56. The van der Waals surface area contributed by atoms with Crippen molar-refractivity contribution >= 4 is 30.1 Å². The van der Waals surface area contributed by atoms with E-state index < -0.39 is 7.36 Å². The smallest absolute Gasteiger partial charge is 0.172 e. The van der Waals surface area contributed by atoms with Crippen molar-refractivity contribution in [2.45, 2.75) is 6.92 Å². The van der Waals surface area contributed by atoms with Gasteiger partial charge in [-0.25, -0.2) is 4.74 Å². The summed E-state index contributed by atoms with van der Waals surface area (Å²) in [4.78, 5) is 0. The SMILES string of the molecule is COc1ccc(Cl)cc1N=P(c1ccc(C)o1)(N(C)C)N(C)C. The normalized spacial score (nSPS) is 12.0. The lowest BCUT2D eigenvalue weighted by atomic mass is 10.3. The zero-order chi connectivity index (χ0) is 17.2. The minimum absolute atomic E-state index is 0.621. The first-order valence-electron chi connectivity index (χ1n) is 7.19. The molecule has 0 unspecified atom stereocenters. The maximum atomic E-state index is 6.16. The third-order valence-electron chi connectivity index (χ3n) is 3.53. The molecule has 1 aromatic heterocycles. The highest BCUT2D eigenvalue weighted by atomic mass is 35.5. The number of furan rings is 1. The molecule has 5 nitrogen and oxygen atoms in total. The summed E-state index contributed by atoms with van der Waals surface area (Å²) in [7, 11) is 7.39.